The van der Waals surface area contributed by atoms with E-state index in [2.05, 4.69) is 20.7 Å². The van der Waals surface area contributed by atoms with Crippen molar-refractivity contribution in [2.75, 3.05) is 19.6 Å². The average Bonchev–Trinajstić information content (AvgIpc) is 3.08. The highest BCUT2D eigenvalue weighted by Crippen LogP contribution is 2.23. The maximum Gasteiger partial charge on any atom is 0.191 e. The zero-order chi connectivity index (χ0) is 18.1. The Labute approximate surface area is 157 Å². The molecule has 0 radical (unpaired) electrons. The summed E-state index contributed by atoms with van der Waals surface area (Å²) in [6, 6.07) is 6.92. The second kappa shape index (κ2) is 10.3. The summed E-state index contributed by atoms with van der Waals surface area (Å²) < 4.78 is 1.89. The Kier molecular flexibility index (Phi) is 8.04. The predicted octanol–water partition coefficient (Wildman–Crippen LogP) is 2.87. The van der Waals surface area contributed by atoms with Crippen molar-refractivity contribution in [3.05, 3.63) is 52.3 Å². The molecule has 0 aliphatic heterocycles. The number of guanidine groups is 1. The first-order valence-corrected chi connectivity index (χ1v) is 8.97. The van der Waals surface area contributed by atoms with Gasteiger partial charge in [-0.05, 0) is 43.2 Å². The summed E-state index contributed by atoms with van der Waals surface area (Å²) in [4.78, 5) is 4.42. The molecule has 3 N–H and O–H groups in total. The monoisotopic (exact) mass is 383 g/mol. The highest BCUT2D eigenvalue weighted by molar-refractivity contribution is 6.34. The van der Waals surface area contributed by atoms with Crippen LogP contribution in [0.3, 0.4) is 0 Å². The molecule has 1 aromatic carbocycles. The van der Waals surface area contributed by atoms with Crippen LogP contribution in [0, 0.1) is 0 Å². The first kappa shape index (κ1) is 19.6. The van der Waals surface area contributed by atoms with Gasteiger partial charge in [0.15, 0.2) is 5.96 Å². The Morgan fingerprint density at radius 3 is 2.68 bits per heavy atom. The minimum absolute atomic E-state index is 0.213. The van der Waals surface area contributed by atoms with E-state index in [1.54, 1.807) is 24.4 Å². The normalized spacial score (nSPS) is 12.9. The molecule has 0 saturated carbocycles. The maximum atomic E-state index is 10.3. The molecule has 8 heteroatoms. The van der Waals surface area contributed by atoms with Gasteiger partial charge in [-0.25, -0.2) is 0 Å². The van der Waals surface area contributed by atoms with Crippen LogP contribution in [0.5, 0.6) is 0 Å². The summed E-state index contributed by atoms with van der Waals surface area (Å²) in [5.41, 5.74) is 0.649. The summed E-state index contributed by atoms with van der Waals surface area (Å²) in [5.74, 6) is 0.662. The van der Waals surface area contributed by atoms with E-state index in [4.69, 9.17) is 23.2 Å². The number of hydrogen-bond donors (Lipinski definition) is 3. The quantitative estimate of drug-likeness (QED) is 0.372. The largest absolute Gasteiger partial charge is 0.386 e. The minimum atomic E-state index is -0.768. The van der Waals surface area contributed by atoms with Crippen molar-refractivity contribution in [3.8, 4) is 0 Å². The lowest BCUT2D eigenvalue weighted by atomic mass is 10.1. The molecule has 0 spiro atoms. The number of hydrogen-bond acceptors (Lipinski definition) is 3. The van der Waals surface area contributed by atoms with Crippen molar-refractivity contribution in [2.24, 2.45) is 4.99 Å². The minimum Gasteiger partial charge on any atom is -0.386 e. The number of halogens is 2. The lowest BCUT2D eigenvalue weighted by molar-refractivity contribution is 0.187. The van der Waals surface area contributed by atoms with E-state index in [9.17, 15) is 5.11 Å². The first-order chi connectivity index (χ1) is 12.1. The molecular weight excluding hydrogens is 361 g/mol. The number of benzene rings is 1. The Morgan fingerprint density at radius 1 is 1.28 bits per heavy atom. The second-order valence-electron chi connectivity index (χ2n) is 5.49. The lowest BCUT2D eigenvalue weighted by Crippen LogP contribution is -2.38. The molecule has 2 aromatic rings. The van der Waals surface area contributed by atoms with Crippen LogP contribution in [0.15, 0.2) is 41.7 Å². The fourth-order valence-electron chi connectivity index (χ4n) is 2.27. The summed E-state index contributed by atoms with van der Waals surface area (Å²) in [7, 11) is 0. The van der Waals surface area contributed by atoms with Crippen LogP contribution in [0.4, 0.5) is 0 Å². The van der Waals surface area contributed by atoms with E-state index in [0.717, 1.165) is 26.1 Å². The topological polar surface area (TPSA) is 74.5 Å². The van der Waals surface area contributed by atoms with Crippen molar-refractivity contribution < 1.29 is 5.11 Å². The van der Waals surface area contributed by atoms with Gasteiger partial charge in [0.2, 0.25) is 0 Å². The van der Waals surface area contributed by atoms with Crippen LogP contribution < -0.4 is 10.6 Å². The standard InChI is InChI=1S/C17H23Cl2N5O/c1-2-20-17(21-5-3-7-24-8-4-6-23-24)22-12-16(25)13-9-14(18)11-15(19)10-13/h4,6,8-11,16,25H,2-3,5,7,12H2,1H3,(H2,20,21,22). The Balaban J connectivity index is 1.85. The van der Waals surface area contributed by atoms with Gasteiger partial charge in [-0.3, -0.25) is 9.67 Å². The molecule has 1 atom stereocenters. The number of aliphatic imine (C=N–C) groups is 1. The van der Waals surface area contributed by atoms with Gasteiger partial charge >= 0.3 is 0 Å². The van der Waals surface area contributed by atoms with Gasteiger partial charge in [0.25, 0.3) is 0 Å². The van der Waals surface area contributed by atoms with E-state index in [-0.39, 0.29) is 6.54 Å². The van der Waals surface area contributed by atoms with Crippen LogP contribution in [0.25, 0.3) is 0 Å². The molecule has 6 nitrogen and oxygen atoms in total. The van der Waals surface area contributed by atoms with Crippen LogP contribution in [0.2, 0.25) is 10.0 Å². The van der Waals surface area contributed by atoms with E-state index < -0.39 is 6.10 Å². The molecule has 1 unspecified atom stereocenters. The molecule has 0 fully saturated rings. The molecule has 136 valence electrons. The average molecular weight is 384 g/mol. The smallest absolute Gasteiger partial charge is 0.191 e. The Morgan fingerprint density at radius 2 is 2.04 bits per heavy atom. The highest BCUT2D eigenvalue weighted by Gasteiger charge is 2.09. The van der Waals surface area contributed by atoms with Crippen LogP contribution in [-0.2, 0) is 6.54 Å². The van der Waals surface area contributed by atoms with Gasteiger partial charge in [0, 0.05) is 42.1 Å². The number of aryl methyl sites for hydroxylation is 1. The molecule has 0 amide bonds. The predicted molar refractivity (Wildman–Crippen MR) is 102 cm³/mol. The van der Waals surface area contributed by atoms with Crippen LogP contribution in [-0.4, -0.2) is 40.5 Å². The third-order valence-corrected chi connectivity index (χ3v) is 3.89. The van der Waals surface area contributed by atoms with Gasteiger partial charge < -0.3 is 15.7 Å². The van der Waals surface area contributed by atoms with Gasteiger partial charge in [-0.1, -0.05) is 23.2 Å². The fraction of sp³-hybridized carbons (Fsp3) is 0.412. The van der Waals surface area contributed by atoms with E-state index in [1.807, 2.05) is 23.9 Å². The number of rotatable bonds is 8. The van der Waals surface area contributed by atoms with Crippen molar-refractivity contribution in [1.29, 1.82) is 0 Å². The van der Waals surface area contributed by atoms with Crippen molar-refractivity contribution in [1.82, 2.24) is 20.4 Å². The second-order valence-corrected chi connectivity index (χ2v) is 6.36. The van der Waals surface area contributed by atoms with E-state index in [0.29, 0.717) is 21.6 Å². The number of aliphatic hydroxyl groups is 1. The molecule has 0 aliphatic rings. The lowest BCUT2D eigenvalue weighted by Gasteiger charge is -2.14. The fourth-order valence-corrected chi connectivity index (χ4v) is 2.82. The van der Waals surface area contributed by atoms with Crippen molar-refractivity contribution in [3.63, 3.8) is 0 Å². The van der Waals surface area contributed by atoms with Gasteiger partial charge in [-0.2, -0.15) is 5.10 Å². The molecule has 2 rings (SSSR count). The SMILES string of the molecule is CCNC(=NCC(O)c1cc(Cl)cc(Cl)c1)NCCCn1cccn1. The number of aliphatic hydroxyl groups excluding tert-OH is 1. The summed E-state index contributed by atoms with van der Waals surface area (Å²) >= 11 is 11.9. The summed E-state index contributed by atoms with van der Waals surface area (Å²) in [5, 5.41) is 21.9. The molecule has 25 heavy (non-hydrogen) atoms. The van der Waals surface area contributed by atoms with Gasteiger partial charge in [-0.15, -0.1) is 0 Å². The van der Waals surface area contributed by atoms with E-state index >= 15 is 0 Å². The van der Waals surface area contributed by atoms with Gasteiger partial charge in [0.1, 0.15) is 0 Å². The molecule has 0 saturated heterocycles. The Hall–Kier alpha value is -1.76. The molecule has 0 aliphatic carbocycles. The van der Waals surface area contributed by atoms with Crippen LogP contribution in [0.1, 0.15) is 25.0 Å². The first-order valence-electron chi connectivity index (χ1n) is 8.22. The number of nitrogens with zero attached hydrogens (tertiary/aromatic N) is 3. The number of aromatic nitrogens is 2. The third kappa shape index (κ3) is 6.94. The maximum absolute atomic E-state index is 10.3. The molecule has 0 bridgehead atoms. The zero-order valence-electron chi connectivity index (χ0n) is 14.1. The Bertz CT molecular complexity index is 655. The third-order valence-electron chi connectivity index (χ3n) is 3.45. The van der Waals surface area contributed by atoms with Gasteiger partial charge in [0.05, 0.1) is 12.6 Å². The van der Waals surface area contributed by atoms with E-state index in [1.165, 1.54) is 0 Å². The molecule has 1 heterocycles. The molecule has 1 aromatic heterocycles. The zero-order valence-corrected chi connectivity index (χ0v) is 15.6. The summed E-state index contributed by atoms with van der Waals surface area (Å²) in [6.07, 6.45) is 3.85. The molecular formula is C17H23Cl2N5O. The van der Waals surface area contributed by atoms with Crippen LogP contribution >= 0.6 is 23.2 Å². The number of nitrogens with one attached hydrogen (secondary N) is 2. The van der Waals surface area contributed by atoms with Crippen molar-refractivity contribution in [2.45, 2.75) is 26.0 Å². The summed E-state index contributed by atoms with van der Waals surface area (Å²) in [6.45, 7) is 4.54. The highest BCUT2D eigenvalue weighted by atomic mass is 35.5. The van der Waals surface area contributed by atoms with Crippen molar-refractivity contribution >= 4 is 29.2 Å².